The summed E-state index contributed by atoms with van der Waals surface area (Å²) >= 11 is 0. The summed E-state index contributed by atoms with van der Waals surface area (Å²) in [5.74, 6) is -0.274. The summed E-state index contributed by atoms with van der Waals surface area (Å²) in [5.41, 5.74) is 1.63. The highest BCUT2D eigenvalue weighted by Gasteiger charge is 2.13. The minimum atomic E-state index is -0.875. The van der Waals surface area contributed by atoms with Crippen LogP contribution in [-0.2, 0) is 11.3 Å². The van der Waals surface area contributed by atoms with Crippen LogP contribution in [-0.4, -0.2) is 26.7 Å². The number of nitrogens with one attached hydrogen (secondary N) is 1. The van der Waals surface area contributed by atoms with Gasteiger partial charge in [0.25, 0.3) is 0 Å². The minimum absolute atomic E-state index is 0.0877. The first-order chi connectivity index (χ1) is 8.08. The van der Waals surface area contributed by atoms with E-state index < -0.39 is 5.97 Å². The molecule has 5 heteroatoms. The number of aliphatic carboxylic acids is 1. The average Bonchev–Trinajstić information content (AvgIpc) is 2.55. The molecular formula is C12H15N3O2. The van der Waals surface area contributed by atoms with Gasteiger partial charge in [0.1, 0.15) is 6.54 Å². The summed E-state index contributed by atoms with van der Waals surface area (Å²) in [6, 6.07) is 7.72. The Morgan fingerprint density at radius 3 is 2.82 bits per heavy atom. The normalized spacial score (nSPS) is 11.0. The summed E-state index contributed by atoms with van der Waals surface area (Å²) < 4.78 is 1.68. The van der Waals surface area contributed by atoms with Gasteiger partial charge in [0.05, 0.1) is 11.0 Å². The number of aromatic nitrogens is 2. The van der Waals surface area contributed by atoms with Crippen molar-refractivity contribution in [3.05, 3.63) is 24.3 Å². The lowest BCUT2D eigenvalue weighted by molar-refractivity contribution is -0.137. The summed E-state index contributed by atoms with van der Waals surface area (Å²) in [7, 11) is 0. The molecule has 1 heterocycles. The Kier molecular flexibility index (Phi) is 2.99. The first kappa shape index (κ1) is 11.4. The largest absolute Gasteiger partial charge is 0.480 e. The average molecular weight is 233 g/mol. The Bertz CT molecular complexity index is 546. The standard InChI is InChI=1S/C12H15N3O2/c1-8(2)13-12-14-9-5-3-4-6-10(9)15(12)7-11(16)17/h3-6,8H,7H2,1-2H3,(H,13,14)(H,16,17). The van der Waals surface area contributed by atoms with Crippen LogP contribution in [0.4, 0.5) is 5.95 Å². The zero-order valence-corrected chi connectivity index (χ0v) is 9.84. The molecule has 2 N–H and O–H groups in total. The van der Waals surface area contributed by atoms with Crippen molar-refractivity contribution in [3.8, 4) is 0 Å². The van der Waals surface area contributed by atoms with Crippen molar-refractivity contribution < 1.29 is 9.90 Å². The van der Waals surface area contributed by atoms with E-state index in [0.717, 1.165) is 11.0 Å². The predicted octanol–water partition coefficient (Wildman–Crippen LogP) is 1.94. The number of hydrogen-bond acceptors (Lipinski definition) is 3. The van der Waals surface area contributed by atoms with Gasteiger partial charge in [0.15, 0.2) is 0 Å². The third-order valence-corrected chi connectivity index (χ3v) is 2.37. The third kappa shape index (κ3) is 2.38. The van der Waals surface area contributed by atoms with Crippen molar-refractivity contribution in [1.82, 2.24) is 9.55 Å². The van der Waals surface area contributed by atoms with E-state index in [2.05, 4.69) is 10.3 Å². The SMILES string of the molecule is CC(C)Nc1nc2ccccc2n1CC(=O)O. The van der Waals surface area contributed by atoms with Crippen molar-refractivity contribution in [2.45, 2.75) is 26.4 Å². The van der Waals surface area contributed by atoms with Crippen molar-refractivity contribution >= 4 is 23.0 Å². The van der Waals surface area contributed by atoms with E-state index in [1.54, 1.807) is 4.57 Å². The van der Waals surface area contributed by atoms with Crippen molar-refractivity contribution in [3.63, 3.8) is 0 Å². The highest BCUT2D eigenvalue weighted by Crippen LogP contribution is 2.19. The number of fused-ring (bicyclic) bond motifs is 1. The van der Waals surface area contributed by atoms with E-state index in [9.17, 15) is 4.79 Å². The highest BCUT2D eigenvalue weighted by atomic mass is 16.4. The number of hydrogen-bond donors (Lipinski definition) is 2. The molecular weight excluding hydrogens is 218 g/mol. The van der Waals surface area contributed by atoms with Gasteiger partial charge in [-0.2, -0.15) is 0 Å². The molecule has 0 aliphatic heterocycles. The van der Waals surface area contributed by atoms with E-state index in [0.29, 0.717) is 5.95 Å². The Labute approximate surface area is 99.1 Å². The second-order valence-corrected chi connectivity index (χ2v) is 4.20. The number of carbonyl (C=O) groups is 1. The number of imidazole rings is 1. The molecule has 2 aromatic rings. The molecule has 1 aromatic carbocycles. The first-order valence-electron chi connectivity index (χ1n) is 5.51. The molecule has 0 aliphatic rings. The van der Waals surface area contributed by atoms with Crippen LogP contribution in [0, 0.1) is 0 Å². The van der Waals surface area contributed by atoms with Gasteiger partial charge in [-0.05, 0) is 26.0 Å². The molecule has 17 heavy (non-hydrogen) atoms. The van der Waals surface area contributed by atoms with Gasteiger partial charge < -0.3 is 10.4 Å². The molecule has 0 radical (unpaired) electrons. The summed E-state index contributed by atoms with van der Waals surface area (Å²) in [6.07, 6.45) is 0. The number of nitrogens with zero attached hydrogens (tertiary/aromatic N) is 2. The van der Waals surface area contributed by atoms with Gasteiger partial charge in [0.2, 0.25) is 5.95 Å². The van der Waals surface area contributed by atoms with E-state index in [1.165, 1.54) is 0 Å². The molecule has 0 saturated heterocycles. The van der Waals surface area contributed by atoms with Crippen LogP contribution in [0.1, 0.15) is 13.8 Å². The van der Waals surface area contributed by atoms with Gasteiger partial charge in [-0.25, -0.2) is 4.98 Å². The lowest BCUT2D eigenvalue weighted by atomic mass is 10.3. The maximum absolute atomic E-state index is 10.9. The molecule has 0 atom stereocenters. The Morgan fingerprint density at radius 1 is 1.47 bits per heavy atom. The molecule has 5 nitrogen and oxygen atoms in total. The third-order valence-electron chi connectivity index (χ3n) is 2.37. The summed E-state index contributed by atoms with van der Waals surface area (Å²) in [4.78, 5) is 15.3. The van der Waals surface area contributed by atoms with E-state index >= 15 is 0 Å². The lowest BCUT2D eigenvalue weighted by Gasteiger charge is -2.11. The minimum Gasteiger partial charge on any atom is -0.480 e. The van der Waals surface area contributed by atoms with Crippen LogP contribution >= 0.6 is 0 Å². The fourth-order valence-electron chi connectivity index (χ4n) is 1.74. The molecule has 90 valence electrons. The molecule has 0 unspecified atom stereocenters. The zero-order chi connectivity index (χ0) is 12.4. The van der Waals surface area contributed by atoms with Crippen LogP contribution in [0.5, 0.6) is 0 Å². The van der Waals surface area contributed by atoms with Crippen LogP contribution in [0.2, 0.25) is 0 Å². The topological polar surface area (TPSA) is 67.2 Å². The number of carboxylic acids is 1. The number of carboxylic acid groups (broad SMARTS) is 1. The zero-order valence-electron chi connectivity index (χ0n) is 9.84. The van der Waals surface area contributed by atoms with E-state index in [1.807, 2.05) is 38.1 Å². The second kappa shape index (κ2) is 4.45. The molecule has 0 amide bonds. The highest BCUT2D eigenvalue weighted by molar-refractivity contribution is 5.81. The van der Waals surface area contributed by atoms with E-state index in [4.69, 9.17) is 5.11 Å². The van der Waals surface area contributed by atoms with Crippen molar-refractivity contribution in [2.24, 2.45) is 0 Å². The molecule has 1 aromatic heterocycles. The van der Waals surface area contributed by atoms with Gasteiger partial charge >= 0.3 is 5.97 Å². The number of para-hydroxylation sites is 2. The second-order valence-electron chi connectivity index (χ2n) is 4.20. The Hall–Kier alpha value is -2.04. The fraction of sp³-hybridized carbons (Fsp3) is 0.333. The maximum atomic E-state index is 10.9. The first-order valence-corrected chi connectivity index (χ1v) is 5.51. The van der Waals surface area contributed by atoms with Crippen LogP contribution < -0.4 is 5.32 Å². The Morgan fingerprint density at radius 2 is 2.18 bits per heavy atom. The van der Waals surface area contributed by atoms with Crippen LogP contribution in [0.15, 0.2) is 24.3 Å². The van der Waals surface area contributed by atoms with Gasteiger partial charge in [0, 0.05) is 6.04 Å². The Balaban J connectivity index is 2.52. The molecule has 0 aliphatic carbocycles. The molecule has 0 saturated carbocycles. The summed E-state index contributed by atoms with van der Waals surface area (Å²) in [6.45, 7) is 3.89. The van der Waals surface area contributed by atoms with Crippen molar-refractivity contribution in [2.75, 3.05) is 5.32 Å². The maximum Gasteiger partial charge on any atom is 0.323 e. The van der Waals surface area contributed by atoms with E-state index in [-0.39, 0.29) is 12.6 Å². The molecule has 2 rings (SSSR count). The van der Waals surface area contributed by atoms with Gasteiger partial charge in [-0.15, -0.1) is 0 Å². The lowest BCUT2D eigenvalue weighted by Crippen LogP contribution is -2.17. The van der Waals surface area contributed by atoms with Crippen molar-refractivity contribution in [1.29, 1.82) is 0 Å². The predicted molar refractivity (Wildman–Crippen MR) is 66.1 cm³/mol. The number of rotatable bonds is 4. The monoisotopic (exact) mass is 233 g/mol. The smallest absolute Gasteiger partial charge is 0.323 e. The summed E-state index contributed by atoms with van der Waals surface area (Å²) in [5, 5.41) is 12.1. The van der Waals surface area contributed by atoms with Crippen LogP contribution in [0.25, 0.3) is 11.0 Å². The molecule has 0 fully saturated rings. The number of anilines is 1. The van der Waals surface area contributed by atoms with Gasteiger partial charge in [-0.3, -0.25) is 9.36 Å². The van der Waals surface area contributed by atoms with Crippen LogP contribution in [0.3, 0.4) is 0 Å². The molecule has 0 bridgehead atoms. The fourth-order valence-corrected chi connectivity index (χ4v) is 1.74. The molecule has 0 spiro atoms. The number of benzene rings is 1. The van der Waals surface area contributed by atoms with Gasteiger partial charge in [-0.1, -0.05) is 12.1 Å². The quantitative estimate of drug-likeness (QED) is 0.846.